The van der Waals surface area contributed by atoms with Crippen LogP contribution in [0.1, 0.15) is 23.7 Å². The Hall–Kier alpha value is -2.40. The fraction of sp³-hybridized carbons (Fsp3) is 0.333. The number of likely N-dealkylation sites (tertiary alicyclic amines) is 1. The van der Waals surface area contributed by atoms with E-state index in [4.69, 9.17) is 4.74 Å². The number of carbonyl (C=O) groups excluding carboxylic acids is 1. The van der Waals surface area contributed by atoms with Gasteiger partial charge in [-0.2, -0.15) is 0 Å². The largest absolute Gasteiger partial charge is 0.453 e. The van der Waals surface area contributed by atoms with E-state index in [-0.39, 0.29) is 18.2 Å². The molecule has 3 rings (SSSR count). The van der Waals surface area contributed by atoms with Crippen molar-refractivity contribution in [2.75, 3.05) is 20.2 Å². The van der Waals surface area contributed by atoms with Gasteiger partial charge in [-0.25, -0.2) is 4.79 Å². The number of nitrogens with one attached hydrogen (secondary N) is 1. The van der Waals surface area contributed by atoms with Crippen LogP contribution in [-0.4, -0.2) is 42.2 Å². The van der Waals surface area contributed by atoms with E-state index in [0.717, 1.165) is 12.1 Å². The van der Waals surface area contributed by atoms with Crippen LogP contribution in [-0.2, 0) is 4.74 Å². The van der Waals surface area contributed by atoms with Gasteiger partial charge in [0.05, 0.1) is 18.8 Å². The molecule has 23 heavy (non-hydrogen) atoms. The second-order valence-corrected chi connectivity index (χ2v) is 5.67. The summed E-state index contributed by atoms with van der Waals surface area (Å²) in [6.45, 7) is 1.37. The zero-order valence-electron chi connectivity index (χ0n) is 13.2. The Labute approximate surface area is 136 Å². The summed E-state index contributed by atoms with van der Waals surface area (Å²) in [7, 11) is 1.42. The van der Waals surface area contributed by atoms with Gasteiger partial charge in [-0.1, -0.05) is 36.4 Å². The molecule has 1 amide bonds. The topological polar surface area (TPSA) is 54.5 Å². The predicted molar refractivity (Wildman–Crippen MR) is 88.0 cm³/mol. The Balaban J connectivity index is 1.77. The molecule has 5 nitrogen and oxygen atoms in total. The smallest absolute Gasteiger partial charge is 0.409 e. The standard InChI is InChI=1S/C18H21N3O2/c1-23-18(22)21-12-10-15(13-21)20-17(14-7-3-2-4-8-14)16-9-5-6-11-19-16/h2-9,11,15,17,20H,10,12-13H2,1H3/t15-,17+/m1/s1. The maximum Gasteiger partial charge on any atom is 0.409 e. The van der Waals surface area contributed by atoms with E-state index in [1.54, 1.807) is 4.90 Å². The molecule has 1 aromatic carbocycles. The number of carbonyl (C=O) groups is 1. The lowest BCUT2D eigenvalue weighted by atomic mass is 10.0. The fourth-order valence-electron chi connectivity index (χ4n) is 2.97. The summed E-state index contributed by atoms with van der Waals surface area (Å²) >= 11 is 0. The van der Waals surface area contributed by atoms with E-state index in [9.17, 15) is 4.79 Å². The van der Waals surface area contributed by atoms with Crippen LogP contribution in [0, 0.1) is 0 Å². The van der Waals surface area contributed by atoms with Crippen LogP contribution in [0.15, 0.2) is 54.7 Å². The number of amides is 1. The molecule has 2 heterocycles. The van der Waals surface area contributed by atoms with Crippen molar-refractivity contribution in [3.8, 4) is 0 Å². The summed E-state index contributed by atoms with van der Waals surface area (Å²) in [4.78, 5) is 17.9. The highest BCUT2D eigenvalue weighted by molar-refractivity contribution is 5.67. The van der Waals surface area contributed by atoms with Crippen molar-refractivity contribution >= 4 is 6.09 Å². The van der Waals surface area contributed by atoms with Crippen LogP contribution in [0.2, 0.25) is 0 Å². The predicted octanol–water partition coefficient (Wildman–Crippen LogP) is 2.60. The average molecular weight is 311 g/mol. The molecule has 0 aliphatic carbocycles. The van der Waals surface area contributed by atoms with Gasteiger partial charge in [0.2, 0.25) is 0 Å². The third-order valence-corrected chi connectivity index (χ3v) is 4.14. The first-order valence-corrected chi connectivity index (χ1v) is 7.82. The van der Waals surface area contributed by atoms with Crippen molar-refractivity contribution in [1.82, 2.24) is 15.2 Å². The molecule has 1 aliphatic heterocycles. The molecule has 0 radical (unpaired) electrons. The van der Waals surface area contributed by atoms with Crippen LogP contribution < -0.4 is 5.32 Å². The van der Waals surface area contributed by atoms with Crippen LogP contribution in [0.3, 0.4) is 0 Å². The highest BCUT2D eigenvalue weighted by atomic mass is 16.5. The summed E-state index contributed by atoms with van der Waals surface area (Å²) < 4.78 is 4.80. The normalized spacial score (nSPS) is 18.7. The molecule has 1 N–H and O–H groups in total. The Morgan fingerprint density at radius 2 is 2.04 bits per heavy atom. The number of benzene rings is 1. The van der Waals surface area contributed by atoms with Crippen molar-refractivity contribution in [3.63, 3.8) is 0 Å². The first-order valence-electron chi connectivity index (χ1n) is 7.82. The summed E-state index contributed by atoms with van der Waals surface area (Å²) in [6, 6.07) is 16.4. The summed E-state index contributed by atoms with van der Waals surface area (Å²) in [5.41, 5.74) is 2.15. The molecule has 1 aromatic heterocycles. The maximum absolute atomic E-state index is 11.6. The van der Waals surface area contributed by atoms with Gasteiger partial charge in [-0.05, 0) is 24.1 Å². The number of aromatic nitrogens is 1. The maximum atomic E-state index is 11.6. The Morgan fingerprint density at radius 3 is 2.74 bits per heavy atom. The van der Waals surface area contributed by atoms with E-state index in [1.807, 2.05) is 42.6 Å². The lowest BCUT2D eigenvalue weighted by molar-refractivity contribution is 0.132. The third-order valence-electron chi connectivity index (χ3n) is 4.14. The molecular formula is C18H21N3O2. The minimum absolute atomic E-state index is 0.0139. The summed E-state index contributed by atoms with van der Waals surface area (Å²) in [5.74, 6) is 0. The minimum Gasteiger partial charge on any atom is -0.453 e. The molecule has 5 heteroatoms. The highest BCUT2D eigenvalue weighted by Crippen LogP contribution is 2.23. The SMILES string of the molecule is COC(=O)N1CC[C@@H](N[C@@H](c2ccccc2)c2ccccn2)C1. The van der Waals surface area contributed by atoms with Crippen LogP contribution in [0.25, 0.3) is 0 Å². The van der Waals surface area contributed by atoms with Gasteiger partial charge in [0, 0.05) is 25.3 Å². The molecule has 2 aromatic rings. The van der Waals surface area contributed by atoms with Crippen molar-refractivity contribution < 1.29 is 9.53 Å². The number of pyridine rings is 1. The van der Waals surface area contributed by atoms with E-state index in [1.165, 1.54) is 12.7 Å². The van der Waals surface area contributed by atoms with E-state index in [2.05, 4.69) is 22.4 Å². The van der Waals surface area contributed by atoms with Crippen LogP contribution in [0.5, 0.6) is 0 Å². The van der Waals surface area contributed by atoms with Crippen molar-refractivity contribution in [3.05, 3.63) is 66.0 Å². The molecule has 1 aliphatic rings. The monoisotopic (exact) mass is 311 g/mol. The molecule has 0 unspecified atom stereocenters. The molecule has 120 valence electrons. The number of ether oxygens (including phenoxy) is 1. The molecule has 0 spiro atoms. The zero-order chi connectivity index (χ0) is 16.1. The van der Waals surface area contributed by atoms with Gasteiger partial charge in [0.25, 0.3) is 0 Å². The number of rotatable bonds is 4. The molecule has 0 bridgehead atoms. The van der Waals surface area contributed by atoms with Gasteiger partial charge < -0.3 is 15.0 Å². The molecule has 0 saturated carbocycles. The fourth-order valence-corrected chi connectivity index (χ4v) is 2.97. The molecule has 2 atom stereocenters. The van der Waals surface area contributed by atoms with E-state index < -0.39 is 0 Å². The quantitative estimate of drug-likeness (QED) is 0.943. The number of hydrogen-bond acceptors (Lipinski definition) is 4. The first kappa shape index (κ1) is 15.5. The molecule has 1 saturated heterocycles. The van der Waals surface area contributed by atoms with Gasteiger partial charge in [-0.15, -0.1) is 0 Å². The van der Waals surface area contributed by atoms with Gasteiger partial charge in [0.1, 0.15) is 0 Å². The lowest BCUT2D eigenvalue weighted by Gasteiger charge is -2.23. The van der Waals surface area contributed by atoms with Crippen molar-refractivity contribution in [2.45, 2.75) is 18.5 Å². The van der Waals surface area contributed by atoms with Crippen LogP contribution >= 0.6 is 0 Å². The van der Waals surface area contributed by atoms with Crippen LogP contribution in [0.4, 0.5) is 4.79 Å². The minimum atomic E-state index is -0.261. The number of hydrogen-bond donors (Lipinski definition) is 1. The zero-order valence-corrected chi connectivity index (χ0v) is 13.2. The lowest BCUT2D eigenvalue weighted by Crippen LogP contribution is -2.37. The first-order chi connectivity index (χ1) is 11.3. The third kappa shape index (κ3) is 3.68. The summed E-state index contributed by atoms with van der Waals surface area (Å²) in [6.07, 6.45) is 2.46. The number of nitrogens with zero attached hydrogens (tertiary/aromatic N) is 2. The van der Waals surface area contributed by atoms with Gasteiger partial charge >= 0.3 is 6.09 Å². The Kier molecular flexibility index (Phi) is 4.88. The van der Waals surface area contributed by atoms with Gasteiger partial charge in [0.15, 0.2) is 0 Å². The molecule has 1 fully saturated rings. The van der Waals surface area contributed by atoms with Crippen molar-refractivity contribution in [2.24, 2.45) is 0 Å². The molecular weight excluding hydrogens is 290 g/mol. The Bertz CT molecular complexity index is 594. The van der Waals surface area contributed by atoms with E-state index >= 15 is 0 Å². The van der Waals surface area contributed by atoms with Gasteiger partial charge in [-0.3, -0.25) is 4.98 Å². The number of methoxy groups -OCH3 is 1. The second-order valence-electron chi connectivity index (χ2n) is 5.67. The Morgan fingerprint density at radius 1 is 1.26 bits per heavy atom. The van der Waals surface area contributed by atoms with Crippen molar-refractivity contribution in [1.29, 1.82) is 0 Å². The highest BCUT2D eigenvalue weighted by Gasteiger charge is 2.29. The summed E-state index contributed by atoms with van der Waals surface area (Å²) in [5, 5.41) is 3.65. The second kappa shape index (κ2) is 7.24. The average Bonchev–Trinajstić information content (AvgIpc) is 3.09. The van der Waals surface area contributed by atoms with E-state index in [0.29, 0.717) is 13.1 Å².